The lowest BCUT2D eigenvalue weighted by molar-refractivity contribution is 0.364. The second-order valence-electron chi connectivity index (χ2n) is 4.65. The van der Waals surface area contributed by atoms with Crippen LogP contribution in [0.15, 0.2) is 5.38 Å². The molecule has 2 bridgehead atoms. The van der Waals surface area contributed by atoms with E-state index in [0.717, 1.165) is 11.8 Å². The van der Waals surface area contributed by atoms with Crippen LogP contribution in [0.4, 0.5) is 0 Å². The highest BCUT2D eigenvalue weighted by molar-refractivity contribution is 7.10. The molecule has 13 heavy (non-hydrogen) atoms. The molecule has 0 radical (unpaired) electrons. The zero-order chi connectivity index (χ0) is 9.59. The van der Waals surface area contributed by atoms with Crippen molar-refractivity contribution in [3.63, 3.8) is 0 Å². The van der Waals surface area contributed by atoms with Crippen LogP contribution in [0.2, 0.25) is 0 Å². The molecule has 0 spiro atoms. The molecule has 0 amide bonds. The van der Waals surface area contributed by atoms with Crippen molar-refractivity contribution in [2.24, 2.45) is 11.8 Å². The van der Waals surface area contributed by atoms with Crippen molar-refractivity contribution in [1.82, 2.24) is 4.98 Å². The summed E-state index contributed by atoms with van der Waals surface area (Å²) in [4.78, 5) is 4.65. The standard InChI is InChI=1S/C11H17NS/c1-6(2)9-8-5-13-11(12-8)10(9)7(3)4/h5-7,9-10H,1-4H3. The van der Waals surface area contributed by atoms with Gasteiger partial charge in [0.25, 0.3) is 0 Å². The van der Waals surface area contributed by atoms with Crippen molar-refractivity contribution in [2.45, 2.75) is 39.5 Å². The smallest absolute Gasteiger partial charge is 0.0968 e. The van der Waals surface area contributed by atoms with Crippen LogP contribution in [0.1, 0.15) is 50.2 Å². The number of nitrogens with zero attached hydrogens (tertiary/aromatic N) is 1. The minimum Gasteiger partial charge on any atom is -0.246 e. The minimum absolute atomic E-state index is 0.691. The first-order chi connectivity index (χ1) is 6.11. The first-order valence-electron chi connectivity index (χ1n) is 5.06. The molecule has 2 heteroatoms. The maximum atomic E-state index is 4.65. The molecule has 0 fully saturated rings. The van der Waals surface area contributed by atoms with Gasteiger partial charge in [-0.2, -0.15) is 0 Å². The molecule has 0 aliphatic carbocycles. The van der Waals surface area contributed by atoms with Gasteiger partial charge in [0.15, 0.2) is 0 Å². The summed E-state index contributed by atoms with van der Waals surface area (Å²) in [6, 6.07) is 0. The van der Waals surface area contributed by atoms with Crippen LogP contribution in [0, 0.1) is 11.8 Å². The number of rotatable bonds is 2. The number of hydrogen-bond donors (Lipinski definition) is 0. The molecule has 0 N–H and O–H groups in total. The summed E-state index contributed by atoms with van der Waals surface area (Å²) in [7, 11) is 0. The first kappa shape index (κ1) is 9.20. The van der Waals surface area contributed by atoms with Gasteiger partial charge in [0.05, 0.1) is 10.7 Å². The summed E-state index contributed by atoms with van der Waals surface area (Å²) in [5.74, 6) is 2.84. The van der Waals surface area contributed by atoms with E-state index in [1.54, 1.807) is 0 Å². The fourth-order valence-electron chi connectivity index (χ4n) is 2.40. The normalized spacial score (nSPS) is 26.3. The van der Waals surface area contributed by atoms with E-state index in [1.807, 2.05) is 11.3 Å². The highest BCUT2D eigenvalue weighted by atomic mass is 32.1. The quantitative estimate of drug-likeness (QED) is 0.702. The Labute approximate surface area is 84.2 Å². The van der Waals surface area contributed by atoms with Crippen molar-refractivity contribution in [2.75, 3.05) is 0 Å². The van der Waals surface area contributed by atoms with Gasteiger partial charge in [-0.05, 0) is 11.8 Å². The molecular weight excluding hydrogens is 178 g/mol. The van der Waals surface area contributed by atoms with Crippen molar-refractivity contribution in [3.05, 3.63) is 16.1 Å². The van der Waals surface area contributed by atoms with Crippen molar-refractivity contribution in [1.29, 1.82) is 0 Å². The maximum absolute atomic E-state index is 4.65. The van der Waals surface area contributed by atoms with E-state index in [9.17, 15) is 0 Å². The highest BCUT2D eigenvalue weighted by Crippen LogP contribution is 2.49. The number of hydrogen-bond acceptors (Lipinski definition) is 2. The molecule has 2 atom stereocenters. The Morgan fingerprint density at radius 3 is 2.23 bits per heavy atom. The molecule has 2 unspecified atom stereocenters. The zero-order valence-corrected chi connectivity index (χ0v) is 9.56. The Balaban J connectivity index is 2.33. The van der Waals surface area contributed by atoms with E-state index in [-0.39, 0.29) is 0 Å². The predicted octanol–water partition coefficient (Wildman–Crippen LogP) is 3.64. The lowest BCUT2D eigenvalue weighted by atomic mass is 9.78. The molecule has 1 aliphatic heterocycles. The molecule has 2 rings (SSSR count). The molecule has 72 valence electrons. The number of aromatic nitrogens is 1. The molecular formula is C11H17NS. The van der Waals surface area contributed by atoms with Crippen LogP contribution >= 0.6 is 11.3 Å². The summed E-state index contributed by atoms with van der Waals surface area (Å²) in [5.41, 5.74) is 1.34. The predicted molar refractivity (Wildman–Crippen MR) is 57.3 cm³/mol. The summed E-state index contributed by atoms with van der Waals surface area (Å²) in [5, 5.41) is 3.60. The van der Waals surface area contributed by atoms with Crippen LogP contribution in [0.5, 0.6) is 0 Å². The largest absolute Gasteiger partial charge is 0.246 e. The third-order valence-corrected chi connectivity index (χ3v) is 3.95. The second kappa shape index (κ2) is 3.09. The Morgan fingerprint density at radius 1 is 1.15 bits per heavy atom. The molecule has 1 aromatic rings. The molecule has 1 nitrogen and oxygen atoms in total. The van der Waals surface area contributed by atoms with E-state index < -0.39 is 0 Å². The fraction of sp³-hybridized carbons (Fsp3) is 0.727. The molecule has 1 aromatic heterocycles. The van der Waals surface area contributed by atoms with Gasteiger partial charge in [0.1, 0.15) is 0 Å². The van der Waals surface area contributed by atoms with Crippen LogP contribution in [-0.2, 0) is 0 Å². The molecule has 1 aliphatic rings. The first-order valence-corrected chi connectivity index (χ1v) is 5.94. The second-order valence-corrected chi connectivity index (χ2v) is 5.54. The summed E-state index contributed by atoms with van der Waals surface area (Å²) in [6.45, 7) is 9.24. The van der Waals surface area contributed by atoms with E-state index in [0.29, 0.717) is 11.8 Å². The highest BCUT2D eigenvalue weighted by Gasteiger charge is 2.38. The van der Waals surface area contributed by atoms with Crippen LogP contribution < -0.4 is 0 Å². The van der Waals surface area contributed by atoms with Gasteiger partial charge < -0.3 is 0 Å². The Bertz CT molecular complexity index is 272. The van der Waals surface area contributed by atoms with Crippen molar-refractivity contribution < 1.29 is 0 Å². The van der Waals surface area contributed by atoms with Gasteiger partial charge in [0.2, 0.25) is 0 Å². The average molecular weight is 195 g/mol. The fourth-order valence-corrected chi connectivity index (χ4v) is 3.59. The summed E-state index contributed by atoms with van der Waals surface area (Å²) in [6.07, 6.45) is 0. The number of thiazole rings is 1. The Kier molecular flexibility index (Phi) is 2.18. The third kappa shape index (κ3) is 1.32. The minimum atomic E-state index is 0.691. The number of fused-ring (bicyclic) bond motifs is 2. The topological polar surface area (TPSA) is 12.9 Å². The van der Waals surface area contributed by atoms with Gasteiger partial charge in [-0.1, -0.05) is 27.7 Å². The van der Waals surface area contributed by atoms with Crippen LogP contribution in [0.25, 0.3) is 0 Å². The molecule has 2 heterocycles. The van der Waals surface area contributed by atoms with Crippen molar-refractivity contribution in [3.8, 4) is 0 Å². The zero-order valence-electron chi connectivity index (χ0n) is 8.74. The third-order valence-electron chi connectivity index (χ3n) is 2.99. The lowest BCUT2D eigenvalue weighted by Crippen LogP contribution is -2.17. The average Bonchev–Trinajstić information content (AvgIpc) is 2.60. The Morgan fingerprint density at radius 2 is 1.77 bits per heavy atom. The monoisotopic (exact) mass is 195 g/mol. The molecule has 0 saturated heterocycles. The van der Waals surface area contributed by atoms with Gasteiger partial charge in [-0.3, -0.25) is 0 Å². The van der Waals surface area contributed by atoms with E-state index in [1.165, 1.54) is 10.7 Å². The van der Waals surface area contributed by atoms with E-state index in [2.05, 4.69) is 38.1 Å². The Hall–Kier alpha value is -0.370. The summed E-state index contributed by atoms with van der Waals surface area (Å²) >= 11 is 1.84. The lowest BCUT2D eigenvalue weighted by Gasteiger charge is -2.27. The van der Waals surface area contributed by atoms with E-state index >= 15 is 0 Å². The van der Waals surface area contributed by atoms with Gasteiger partial charge >= 0.3 is 0 Å². The van der Waals surface area contributed by atoms with Crippen LogP contribution in [-0.4, -0.2) is 4.98 Å². The molecule has 0 saturated carbocycles. The summed E-state index contributed by atoms with van der Waals surface area (Å²) < 4.78 is 0. The van der Waals surface area contributed by atoms with E-state index in [4.69, 9.17) is 0 Å². The van der Waals surface area contributed by atoms with Gasteiger partial charge in [0, 0.05) is 17.2 Å². The maximum Gasteiger partial charge on any atom is 0.0968 e. The van der Waals surface area contributed by atoms with Gasteiger partial charge in [-0.25, -0.2) is 4.98 Å². The van der Waals surface area contributed by atoms with Crippen LogP contribution in [0.3, 0.4) is 0 Å². The van der Waals surface area contributed by atoms with Gasteiger partial charge in [-0.15, -0.1) is 11.3 Å². The van der Waals surface area contributed by atoms with Crippen molar-refractivity contribution >= 4 is 11.3 Å². The molecule has 0 aromatic carbocycles. The SMILES string of the molecule is CC(C)C1c2csc(n2)C1C(C)C.